The first-order valence-electron chi connectivity index (χ1n) is 10.00. The van der Waals surface area contributed by atoms with Gasteiger partial charge in [-0.2, -0.15) is 8.42 Å². The third-order valence-corrected chi connectivity index (χ3v) is 5.76. The maximum absolute atomic E-state index is 12.5. The molecule has 33 heavy (non-hydrogen) atoms. The summed E-state index contributed by atoms with van der Waals surface area (Å²) in [6, 6.07) is 7.92. The minimum absolute atomic E-state index is 0.306. The van der Waals surface area contributed by atoms with Gasteiger partial charge >= 0.3 is 16.1 Å². The zero-order chi connectivity index (χ0) is 24.3. The van der Waals surface area contributed by atoms with E-state index in [1.807, 2.05) is 22.8 Å². The zero-order valence-corrected chi connectivity index (χ0v) is 19.7. The fourth-order valence-electron chi connectivity index (χ4n) is 3.74. The number of hydrogen-bond acceptors (Lipinski definition) is 7. The fourth-order valence-corrected chi connectivity index (χ4v) is 3.99. The lowest BCUT2D eigenvalue weighted by molar-refractivity contribution is 0.249. The van der Waals surface area contributed by atoms with Crippen LogP contribution in [0, 0.1) is 0 Å². The number of halogens is 1. The van der Waals surface area contributed by atoms with E-state index >= 15 is 0 Å². The average Bonchev–Trinajstić information content (AvgIpc) is 3.19. The lowest BCUT2D eigenvalue weighted by Crippen LogP contribution is -2.47. The van der Waals surface area contributed by atoms with E-state index in [9.17, 15) is 9.59 Å². The molecule has 0 bridgehead atoms. The van der Waals surface area contributed by atoms with Gasteiger partial charge in [-0.15, -0.1) is 0 Å². The highest BCUT2D eigenvalue weighted by atomic mass is 35.5. The van der Waals surface area contributed by atoms with Crippen molar-refractivity contribution in [2.24, 2.45) is 14.1 Å². The molecule has 1 fully saturated rings. The Labute approximate surface area is 194 Å². The van der Waals surface area contributed by atoms with Crippen molar-refractivity contribution in [2.75, 3.05) is 37.6 Å². The Hall–Kier alpha value is -2.71. The van der Waals surface area contributed by atoms with Gasteiger partial charge in [-0.25, -0.2) is 9.78 Å². The van der Waals surface area contributed by atoms with E-state index in [-0.39, 0.29) is 11.2 Å². The number of para-hydroxylation sites is 1. The van der Waals surface area contributed by atoms with Gasteiger partial charge in [0, 0.05) is 53.4 Å². The highest BCUT2D eigenvalue weighted by Gasteiger charge is 2.19. The van der Waals surface area contributed by atoms with E-state index in [1.54, 1.807) is 13.4 Å². The molecule has 1 aliphatic heterocycles. The second kappa shape index (κ2) is 10.1. The van der Waals surface area contributed by atoms with Gasteiger partial charge in [0.15, 0.2) is 11.2 Å². The molecule has 1 saturated heterocycles. The van der Waals surface area contributed by atoms with Gasteiger partial charge in [-0.05, 0) is 12.1 Å². The highest BCUT2D eigenvalue weighted by Crippen LogP contribution is 2.26. The molecule has 4 rings (SSSR count). The molecule has 1 aliphatic rings. The van der Waals surface area contributed by atoms with Crippen LogP contribution in [0.15, 0.2) is 40.2 Å². The summed E-state index contributed by atoms with van der Waals surface area (Å²) >= 11 is 6.31. The minimum Gasteiger partial charge on any atom is -0.368 e. The largest absolute Gasteiger partial charge is 0.394 e. The van der Waals surface area contributed by atoms with Gasteiger partial charge < -0.3 is 9.47 Å². The van der Waals surface area contributed by atoms with Crippen LogP contribution >= 0.6 is 11.6 Å². The van der Waals surface area contributed by atoms with Crippen molar-refractivity contribution in [3.63, 3.8) is 0 Å². The summed E-state index contributed by atoms with van der Waals surface area (Å²) in [7, 11) is -1.54. The number of aryl methyl sites for hydroxylation is 1. The summed E-state index contributed by atoms with van der Waals surface area (Å²) in [5.74, 6) is 0. The molecular weight excluding hydrogens is 476 g/mol. The molecule has 0 atom stereocenters. The average molecular weight is 501 g/mol. The first kappa shape index (κ1) is 24.9. The Morgan fingerprint density at radius 3 is 2.21 bits per heavy atom. The van der Waals surface area contributed by atoms with Crippen LogP contribution in [0.25, 0.3) is 11.2 Å². The Bertz CT molecular complexity index is 1350. The van der Waals surface area contributed by atoms with Crippen LogP contribution in [0.3, 0.4) is 0 Å². The SMILES string of the molecule is Cn1c(=O)c2c(ncn2CCN2CCN(c3ccccc3Cl)CC2)n(C)c1=O.O=S(=O)(O)O. The van der Waals surface area contributed by atoms with Gasteiger partial charge in [-0.3, -0.25) is 27.9 Å². The van der Waals surface area contributed by atoms with Crippen LogP contribution < -0.4 is 16.1 Å². The molecule has 0 aliphatic carbocycles. The molecule has 1 aromatic carbocycles. The summed E-state index contributed by atoms with van der Waals surface area (Å²) in [6.07, 6.45) is 1.64. The molecule has 14 heteroatoms. The first-order valence-corrected chi connectivity index (χ1v) is 11.8. The highest BCUT2D eigenvalue weighted by molar-refractivity contribution is 7.79. The lowest BCUT2D eigenvalue weighted by Gasteiger charge is -2.36. The van der Waals surface area contributed by atoms with Crippen molar-refractivity contribution < 1.29 is 17.5 Å². The predicted molar refractivity (Wildman–Crippen MR) is 124 cm³/mol. The van der Waals surface area contributed by atoms with Gasteiger partial charge in [-0.1, -0.05) is 23.7 Å². The number of piperazine rings is 1. The lowest BCUT2D eigenvalue weighted by atomic mass is 10.2. The van der Waals surface area contributed by atoms with Crippen LogP contribution in [0.5, 0.6) is 0 Å². The third-order valence-electron chi connectivity index (χ3n) is 5.44. The minimum atomic E-state index is -4.67. The topological polar surface area (TPSA) is 143 Å². The molecule has 0 radical (unpaired) electrons. The number of rotatable bonds is 4. The van der Waals surface area contributed by atoms with Crippen molar-refractivity contribution in [1.82, 2.24) is 23.6 Å². The number of benzene rings is 1. The van der Waals surface area contributed by atoms with E-state index < -0.39 is 10.4 Å². The first-order chi connectivity index (χ1) is 15.5. The summed E-state index contributed by atoms with van der Waals surface area (Å²) in [4.78, 5) is 33.5. The molecule has 0 unspecified atom stereocenters. The summed E-state index contributed by atoms with van der Waals surface area (Å²) in [5.41, 5.74) is 1.31. The molecule has 3 heterocycles. The van der Waals surface area contributed by atoms with E-state index in [4.69, 9.17) is 29.1 Å². The summed E-state index contributed by atoms with van der Waals surface area (Å²) in [5, 5.41) is 0.780. The van der Waals surface area contributed by atoms with Crippen molar-refractivity contribution in [2.45, 2.75) is 6.54 Å². The molecule has 180 valence electrons. The molecule has 2 aromatic heterocycles. The van der Waals surface area contributed by atoms with Crippen LogP contribution in [0.2, 0.25) is 5.02 Å². The molecule has 12 nitrogen and oxygen atoms in total. The van der Waals surface area contributed by atoms with Gasteiger partial charge in [0.05, 0.1) is 17.0 Å². The number of hydrogen-bond donors (Lipinski definition) is 2. The standard InChI is InChI=1S/C19H23ClN6O2.H2O4S/c1-22-17-16(18(27)23(2)19(22)28)26(13-21-17)12-9-24-7-10-25(11-8-24)15-6-4-3-5-14(15)20;1-5(2,3)4/h3-6,13H,7-12H2,1-2H3;(H2,1,2,3,4). The van der Waals surface area contributed by atoms with Crippen LogP contribution in [-0.4, -0.2) is 73.8 Å². The molecule has 0 amide bonds. The Balaban J connectivity index is 0.000000555. The number of imidazole rings is 1. The quantitative estimate of drug-likeness (QED) is 0.482. The molecular formula is C19H25ClN6O6S. The van der Waals surface area contributed by atoms with Crippen LogP contribution in [0.4, 0.5) is 5.69 Å². The predicted octanol–water partition coefficient (Wildman–Crippen LogP) is 0.257. The molecule has 3 aromatic rings. The van der Waals surface area contributed by atoms with Crippen molar-refractivity contribution in [3.05, 3.63) is 56.5 Å². The number of aromatic nitrogens is 4. The second-order valence-corrected chi connectivity index (χ2v) is 8.85. The second-order valence-electron chi connectivity index (χ2n) is 7.54. The maximum Gasteiger partial charge on any atom is 0.394 e. The maximum atomic E-state index is 12.5. The Kier molecular flexibility index (Phi) is 7.59. The Morgan fingerprint density at radius 2 is 1.61 bits per heavy atom. The van der Waals surface area contributed by atoms with E-state index in [2.05, 4.69) is 20.9 Å². The Morgan fingerprint density at radius 1 is 1.00 bits per heavy atom. The zero-order valence-electron chi connectivity index (χ0n) is 18.1. The summed E-state index contributed by atoms with van der Waals surface area (Å²) < 4.78 is 36.0. The van der Waals surface area contributed by atoms with Gasteiger partial charge in [0.1, 0.15) is 0 Å². The molecule has 2 N–H and O–H groups in total. The third kappa shape index (κ3) is 6.00. The van der Waals surface area contributed by atoms with Gasteiger partial charge in [0.2, 0.25) is 0 Å². The van der Waals surface area contributed by atoms with E-state index in [1.165, 1.54) is 11.6 Å². The monoisotopic (exact) mass is 500 g/mol. The van der Waals surface area contributed by atoms with Crippen molar-refractivity contribution >= 4 is 38.9 Å². The molecule has 0 saturated carbocycles. The smallest absolute Gasteiger partial charge is 0.368 e. The molecule has 0 spiro atoms. The number of fused-ring (bicyclic) bond motifs is 1. The van der Waals surface area contributed by atoms with Crippen LogP contribution in [0.1, 0.15) is 0 Å². The number of anilines is 1. The summed E-state index contributed by atoms with van der Waals surface area (Å²) in [6.45, 7) is 5.13. The van der Waals surface area contributed by atoms with Gasteiger partial charge in [0.25, 0.3) is 5.56 Å². The fraction of sp³-hybridized carbons (Fsp3) is 0.421. The van der Waals surface area contributed by atoms with Crippen molar-refractivity contribution in [3.8, 4) is 0 Å². The van der Waals surface area contributed by atoms with Crippen LogP contribution in [-0.2, 0) is 31.0 Å². The number of nitrogens with zero attached hydrogens (tertiary/aromatic N) is 6. The normalized spacial score (nSPS) is 14.9. The van der Waals surface area contributed by atoms with Crippen molar-refractivity contribution in [1.29, 1.82) is 0 Å². The van der Waals surface area contributed by atoms with E-state index in [0.29, 0.717) is 17.7 Å². The van der Waals surface area contributed by atoms with E-state index in [0.717, 1.165) is 48.0 Å².